The van der Waals surface area contributed by atoms with Crippen molar-refractivity contribution in [1.29, 1.82) is 0 Å². The number of aliphatic hydroxyl groups is 1. The highest BCUT2D eigenvalue weighted by atomic mass is 35.5. The molecule has 0 bridgehead atoms. The number of nitrogens with zero attached hydrogens (tertiary/aromatic N) is 1. The van der Waals surface area contributed by atoms with Gasteiger partial charge in [0, 0.05) is 17.1 Å². The lowest BCUT2D eigenvalue weighted by molar-refractivity contribution is 0.0630. The maximum absolute atomic E-state index is 11.3. The SMILES string of the molecule is CN(C)CC[C@](O)(c1ccccc1)c1ccccc1Cl. The number of benzene rings is 2. The lowest BCUT2D eigenvalue weighted by Gasteiger charge is -2.31. The van der Waals surface area contributed by atoms with Crippen LogP contribution >= 0.6 is 11.6 Å². The first-order valence-electron chi connectivity index (χ1n) is 6.71. The van der Waals surface area contributed by atoms with E-state index in [1.807, 2.05) is 68.7 Å². The molecule has 3 heteroatoms. The fourth-order valence-corrected chi connectivity index (χ4v) is 2.62. The maximum atomic E-state index is 11.3. The van der Waals surface area contributed by atoms with Crippen LogP contribution in [-0.4, -0.2) is 30.6 Å². The number of rotatable bonds is 5. The Hall–Kier alpha value is -1.35. The predicted octanol–water partition coefficient (Wildman–Crippen LogP) is 3.53. The second-order valence-corrected chi connectivity index (χ2v) is 5.67. The highest BCUT2D eigenvalue weighted by Gasteiger charge is 2.32. The maximum Gasteiger partial charge on any atom is 0.117 e. The molecule has 0 aliphatic heterocycles. The molecule has 20 heavy (non-hydrogen) atoms. The molecule has 0 saturated carbocycles. The minimum atomic E-state index is -1.07. The fourth-order valence-electron chi connectivity index (χ4n) is 2.33. The Labute approximate surface area is 125 Å². The van der Waals surface area contributed by atoms with Crippen LogP contribution in [0.2, 0.25) is 5.02 Å². The summed E-state index contributed by atoms with van der Waals surface area (Å²) in [6.07, 6.45) is 0.591. The van der Waals surface area contributed by atoms with Crippen molar-refractivity contribution in [3.8, 4) is 0 Å². The lowest BCUT2D eigenvalue weighted by Crippen LogP contribution is -2.32. The van der Waals surface area contributed by atoms with Gasteiger partial charge in [0.1, 0.15) is 5.60 Å². The van der Waals surface area contributed by atoms with Gasteiger partial charge in [-0.3, -0.25) is 0 Å². The Morgan fingerprint density at radius 1 is 1.00 bits per heavy atom. The van der Waals surface area contributed by atoms with Crippen LogP contribution in [0.15, 0.2) is 54.6 Å². The summed E-state index contributed by atoms with van der Waals surface area (Å²) in [5, 5.41) is 11.9. The van der Waals surface area contributed by atoms with Gasteiger partial charge in [-0.25, -0.2) is 0 Å². The number of hydrogen-bond donors (Lipinski definition) is 1. The van der Waals surface area contributed by atoms with Crippen LogP contribution < -0.4 is 0 Å². The van der Waals surface area contributed by atoms with Gasteiger partial charge in [0.2, 0.25) is 0 Å². The number of hydrogen-bond acceptors (Lipinski definition) is 2. The molecule has 0 radical (unpaired) electrons. The molecule has 0 aliphatic carbocycles. The second-order valence-electron chi connectivity index (χ2n) is 5.26. The standard InChI is InChI=1S/C17H20ClNO/c1-19(2)13-12-17(20,14-8-4-3-5-9-14)15-10-6-7-11-16(15)18/h3-11,20H,12-13H2,1-2H3/t17-/m0/s1. The van der Waals surface area contributed by atoms with Crippen LogP contribution in [-0.2, 0) is 5.60 Å². The summed E-state index contributed by atoms with van der Waals surface area (Å²) in [5.74, 6) is 0. The average molecular weight is 290 g/mol. The van der Waals surface area contributed by atoms with E-state index in [1.165, 1.54) is 0 Å². The first-order valence-corrected chi connectivity index (χ1v) is 7.09. The highest BCUT2D eigenvalue weighted by Crippen LogP contribution is 2.36. The van der Waals surface area contributed by atoms with Crippen molar-refractivity contribution in [3.63, 3.8) is 0 Å². The Bertz CT molecular complexity index is 556. The molecule has 2 aromatic rings. The Balaban J connectivity index is 2.47. The highest BCUT2D eigenvalue weighted by molar-refractivity contribution is 6.31. The van der Waals surface area contributed by atoms with Crippen molar-refractivity contribution in [2.24, 2.45) is 0 Å². The van der Waals surface area contributed by atoms with Crippen molar-refractivity contribution in [1.82, 2.24) is 4.90 Å². The predicted molar refractivity (Wildman–Crippen MR) is 84.1 cm³/mol. The van der Waals surface area contributed by atoms with Crippen molar-refractivity contribution in [3.05, 3.63) is 70.7 Å². The molecule has 1 N–H and O–H groups in total. The molecule has 0 unspecified atom stereocenters. The van der Waals surface area contributed by atoms with Crippen LogP contribution in [0.1, 0.15) is 17.5 Å². The summed E-state index contributed by atoms with van der Waals surface area (Å²) in [4.78, 5) is 2.06. The average Bonchev–Trinajstić information content (AvgIpc) is 2.46. The third-order valence-electron chi connectivity index (χ3n) is 3.49. The van der Waals surface area contributed by atoms with Gasteiger partial charge in [-0.1, -0.05) is 60.1 Å². The van der Waals surface area contributed by atoms with Crippen LogP contribution in [0.4, 0.5) is 0 Å². The summed E-state index contributed by atoms with van der Waals surface area (Å²) in [5.41, 5.74) is 0.564. The van der Waals surface area contributed by atoms with Crippen LogP contribution in [0.25, 0.3) is 0 Å². The molecule has 0 heterocycles. The van der Waals surface area contributed by atoms with Crippen LogP contribution in [0, 0.1) is 0 Å². The smallest absolute Gasteiger partial charge is 0.117 e. The molecular weight excluding hydrogens is 270 g/mol. The zero-order chi connectivity index (χ0) is 14.6. The molecule has 1 atom stereocenters. The third-order valence-corrected chi connectivity index (χ3v) is 3.82. The van der Waals surface area contributed by atoms with E-state index in [9.17, 15) is 5.11 Å². The first kappa shape index (κ1) is 15.0. The zero-order valence-corrected chi connectivity index (χ0v) is 12.6. The van der Waals surface area contributed by atoms with Crippen molar-refractivity contribution < 1.29 is 5.11 Å². The van der Waals surface area contributed by atoms with Gasteiger partial charge < -0.3 is 10.0 Å². The van der Waals surface area contributed by atoms with E-state index in [0.717, 1.165) is 17.7 Å². The van der Waals surface area contributed by atoms with Gasteiger partial charge in [0.25, 0.3) is 0 Å². The summed E-state index contributed by atoms with van der Waals surface area (Å²) < 4.78 is 0. The quantitative estimate of drug-likeness (QED) is 0.910. The molecule has 2 aromatic carbocycles. The van der Waals surface area contributed by atoms with E-state index in [4.69, 9.17) is 11.6 Å². The Morgan fingerprint density at radius 2 is 1.60 bits per heavy atom. The summed E-state index contributed by atoms with van der Waals surface area (Å²) in [6.45, 7) is 0.774. The van der Waals surface area contributed by atoms with E-state index >= 15 is 0 Å². The van der Waals surface area contributed by atoms with E-state index in [0.29, 0.717) is 11.4 Å². The van der Waals surface area contributed by atoms with Crippen molar-refractivity contribution >= 4 is 11.6 Å². The first-order chi connectivity index (χ1) is 9.54. The van der Waals surface area contributed by atoms with Gasteiger partial charge in [-0.05, 0) is 32.1 Å². The van der Waals surface area contributed by atoms with E-state index in [-0.39, 0.29) is 0 Å². The van der Waals surface area contributed by atoms with Gasteiger partial charge in [-0.15, -0.1) is 0 Å². The Morgan fingerprint density at radius 3 is 2.20 bits per heavy atom. The van der Waals surface area contributed by atoms with E-state index in [2.05, 4.69) is 4.90 Å². The minimum absolute atomic E-state index is 0.591. The molecule has 2 rings (SSSR count). The largest absolute Gasteiger partial charge is 0.380 e. The lowest BCUT2D eigenvalue weighted by atomic mass is 9.83. The topological polar surface area (TPSA) is 23.5 Å². The van der Waals surface area contributed by atoms with Crippen molar-refractivity contribution in [2.75, 3.05) is 20.6 Å². The van der Waals surface area contributed by atoms with Gasteiger partial charge in [-0.2, -0.15) is 0 Å². The minimum Gasteiger partial charge on any atom is -0.380 e. The summed E-state index contributed by atoms with van der Waals surface area (Å²) in [6, 6.07) is 17.2. The molecule has 0 aromatic heterocycles. The molecule has 2 nitrogen and oxygen atoms in total. The molecule has 0 aliphatic rings. The summed E-state index contributed by atoms with van der Waals surface area (Å²) in [7, 11) is 4.00. The molecule has 0 saturated heterocycles. The third kappa shape index (κ3) is 3.21. The molecular formula is C17H20ClNO. The molecule has 0 fully saturated rings. The second kappa shape index (κ2) is 6.40. The fraction of sp³-hybridized carbons (Fsp3) is 0.294. The Kier molecular flexibility index (Phi) is 4.81. The van der Waals surface area contributed by atoms with E-state index in [1.54, 1.807) is 0 Å². The van der Waals surface area contributed by atoms with Crippen LogP contribution in [0.5, 0.6) is 0 Å². The molecule has 0 spiro atoms. The van der Waals surface area contributed by atoms with E-state index < -0.39 is 5.60 Å². The van der Waals surface area contributed by atoms with Crippen molar-refractivity contribution in [2.45, 2.75) is 12.0 Å². The van der Waals surface area contributed by atoms with Crippen LogP contribution in [0.3, 0.4) is 0 Å². The zero-order valence-electron chi connectivity index (χ0n) is 11.9. The number of halogens is 1. The summed E-state index contributed by atoms with van der Waals surface area (Å²) >= 11 is 6.30. The van der Waals surface area contributed by atoms with Gasteiger partial charge in [0.05, 0.1) is 0 Å². The normalized spacial score (nSPS) is 14.2. The van der Waals surface area contributed by atoms with Gasteiger partial charge in [0.15, 0.2) is 0 Å². The molecule has 106 valence electrons. The monoisotopic (exact) mass is 289 g/mol. The molecule has 0 amide bonds. The van der Waals surface area contributed by atoms with Gasteiger partial charge >= 0.3 is 0 Å².